The van der Waals surface area contributed by atoms with Gasteiger partial charge < -0.3 is 16.8 Å². The third-order valence-corrected chi connectivity index (χ3v) is 1.97. The molecule has 7 heteroatoms. The summed E-state index contributed by atoms with van der Waals surface area (Å²) in [5, 5.41) is 6.64. The van der Waals surface area contributed by atoms with E-state index in [2.05, 4.69) is 10.4 Å². The van der Waals surface area contributed by atoms with Crippen molar-refractivity contribution in [2.45, 2.75) is 19.0 Å². The molecule has 1 aromatic rings. The van der Waals surface area contributed by atoms with Gasteiger partial charge in [0.25, 0.3) is 0 Å². The molecule has 0 aromatic carbocycles. The first kappa shape index (κ1) is 12.2. The summed E-state index contributed by atoms with van der Waals surface area (Å²) in [5.74, 6) is -1.01. The predicted molar refractivity (Wildman–Crippen MR) is 56.8 cm³/mol. The van der Waals surface area contributed by atoms with Crippen LogP contribution in [-0.4, -0.2) is 27.6 Å². The van der Waals surface area contributed by atoms with Gasteiger partial charge in [0.15, 0.2) is 0 Å². The fraction of sp³-hybridized carbons (Fsp3) is 0.444. The first-order valence-electron chi connectivity index (χ1n) is 4.79. The highest BCUT2D eigenvalue weighted by Gasteiger charge is 2.15. The van der Waals surface area contributed by atoms with Crippen molar-refractivity contribution in [1.29, 1.82) is 0 Å². The van der Waals surface area contributed by atoms with Gasteiger partial charge in [0, 0.05) is 13.2 Å². The highest BCUT2D eigenvalue weighted by molar-refractivity contribution is 5.87. The molecule has 0 fully saturated rings. The molecule has 0 spiro atoms. The second kappa shape index (κ2) is 5.26. The minimum absolute atomic E-state index is 0.159. The Kier molecular flexibility index (Phi) is 4.01. The van der Waals surface area contributed by atoms with Crippen molar-refractivity contribution in [1.82, 2.24) is 15.1 Å². The largest absolute Gasteiger partial charge is 0.370 e. The normalized spacial score (nSPS) is 12.1. The zero-order valence-electron chi connectivity index (χ0n) is 9.01. The fourth-order valence-corrected chi connectivity index (χ4v) is 1.18. The maximum Gasteiger partial charge on any atom is 0.237 e. The van der Waals surface area contributed by atoms with Crippen LogP contribution in [0.3, 0.4) is 0 Å². The highest BCUT2D eigenvalue weighted by Crippen LogP contribution is 1.94. The van der Waals surface area contributed by atoms with Gasteiger partial charge in [-0.25, -0.2) is 0 Å². The Morgan fingerprint density at radius 1 is 1.62 bits per heavy atom. The van der Waals surface area contributed by atoms with Gasteiger partial charge >= 0.3 is 0 Å². The first-order valence-corrected chi connectivity index (χ1v) is 4.79. The zero-order chi connectivity index (χ0) is 12.1. The van der Waals surface area contributed by atoms with Crippen molar-refractivity contribution < 1.29 is 9.59 Å². The lowest BCUT2D eigenvalue weighted by Crippen LogP contribution is -2.42. The van der Waals surface area contributed by atoms with Gasteiger partial charge in [-0.2, -0.15) is 5.10 Å². The van der Waals surface area contributed by atoms with E-state index >= 15 is 0 Å². The summed E-state index contributed by atoms with van der Waals surface area (Å²) in [7, 11) is 1.78. The summed E-state index contributed by atoms with van der Waals surface area (Å²) in [6.07, 6.45) is 1.61. The molecule has 0 aliphatic carbocycles. The standard InChI is InChI=1S/C9H15N5O2/c1-14-3-2-6(13-14)5-12-9(16)7(10)4-8(11)15/h2-3,7H,4-5,10H2,1H3,(H2,11,15)(H,12,16). The maximum absolute atomic E-state index is 11.4. The van der Waals surface area contributed by atoms with E-state index in [-0.39, 0.29) is 13.0 Å². The minimum atomic E-state index is -0.902. The van der Waals surface area contributed by atoms with Crippen molar-refractivity contribution in [2.75, 3.05) is 0 Å². The maximum atomic E-state index is 11.4. The van der Waals surface area contributed by atoms with Crippen molar-refractivity contribution in [3.05, 3.63) is 18.0 Å². The molecule has 0 radical (unpaired) electrons. The molecule has 1 atom stereocenters. The van der Waals surface area contributed by atoms with Crippen LogP contribution in [0.15, 0.2) is 12.3 Å². The molecule has 0 aliphatic rings. The number of rotatable bonds is 5. The number of primary amides is 1. The van der Waals surface area contributed by atoms with Gasteiger partial charge in [0.2, 0.25) is 11.8 Å². The van der Waals surface area contributed by atoms with E-state index in [0.29, 0.717) is 0 Å². The molecule has 0 aliphatic heterocycles. The van der Waals surface area contributed by atoms with Gasteiger partial charge in [-0.05, 0) is 6.07 Å². The molecular formula is C9H15N5O2. The Morgan fingerprint density at radius 3 is 2.81 bits per heavy atom. The van der Waals surface area contributed by atoms with Crippen LogP contribution in [0, 0.1) is 0 Å². The van der Waals surface area contributed by atoms with Crippen LogP contribution in [0.4, 0.5) is 0 Å². The number of aromatic nitrogens is 2. The molecular weight excluding hydrogens is 210 g/mol. The van der Waals surface area contributed by atoms with Crippen LogP contribution in [0.2, 0.25) is 0 Å². The first-order chi connectivity index (χ1) is 7.49. The lowest BCUT2D eigenvalue weighted by atomic mass is 10.2. The predicted octanol–water partition coefficient (Wildman–Crippen LogP) is -1.76. The average molecular weight is 225 g/mol. The number of aryl methyl sites for hydroxylation is 1. The van der Waals surface area contributed by atoms with E-state index in [1.54, 1.807) is 24.0 Å². The summed E-state index contributed by atoms with van der Waals surface area (Å²) in [4.78, 5) is 21.9. The second-order valence-corrected chi connectivity index (χ2v) is 3.48. The molecule has 1 heterocycles. The van der Waals surface area contributed by atoms with Crippen LogP contribution in [0.1, 0.15) is 12.1 Å². The van der Waals surface area contributed by atoms with E-state index in [0.717, 1.165) is 5.69 Å². The van der Waals surface area contributed by atoms with Gasteiger partial charge in [-0.1, -0.05) is 0 Å². The molecule has 0 bridgehead atoms. The lowest BCUT2D eigenvalue weighted by molar-refractivity contribution is -0.126. The molecule has 5 N–H and O–H groups in total. The Labute approximate surface area is 92.8 Å². The summed E-state index contributed by atoms with van der Waals surface area (Å²) >= 11 is 0. The number of hydrogen-bond acceptors (Lipinski definition) is 4. The number of amides is 2. The Morgan fingerprint density at radius 2 is 2.31 bits per heavy atom. The fourth-order valence-electron chi connectivity index (χ4n) is 1.18. The molecule has 0 saturated carbocycles. The van der Waals surface area contributed by atoms with E-state index in [1.165, 1.54) is 0 Å². The quantitative estimate of drug-likeness (QED) is 0.550. The number of nitrogens with zero attached hydrogens (tertiary/aromatic N) is 2. The number of hydrogen-bond donors (Lipinski definition) is 3. The summed E-state index contributed by atoms with van der Waals surface area (Å²) < 4.78 is 1.63. The Balaban J connectivity index is 2.37. The highest BCUT2D eigenvalue weighted by atomic mass is 16.2. The summed E-state index contributed by atoms with van der Waals surface area (Å²) in [6.45, 7) is 0.284. The summed E-state index contributed by atoms with van der Waals surface area (Å²) in [5.41, 5.74) is 11.1. The van der Waals surface area contributed by atoms with Gasteiger partial charge in [-0.15, -0.1) is 0 Å². The van der Waals surface area contributed by atoms with E-state index in [9.17, 15) is 9.59 Å². The van der Waals surface area contributed by atoms with Crippen LogP contribution in [-0.2, 0) is 23.2 Å². The lowest BCUT2D eigenvalue weighted by Gasteiger charge is -2.09. The Hall–Kier alpha value is -1.89. The summed E-state index contributed by atoms with van der Waals surface area (Å²) in [6, 6.07) is 0.876. The third kappa shape index (κ3) is 3.70. The average Bonchev–Trinajstić information content (AvgIpc) is 2.59. The van der Waals surface area contributed by atoms with Gasteiger partial charge in [0.1, 0.15) is 0 Å². The number of nitrogens with one attached hydrogen (secondary N) is 1. The molecule has 1 aromatic heterocycles. The zero-order valence-corrected chi connectivity index (χ0v) is 9.01. The molecule has 16 heavy (non-hydrogen) atoms. The minimum Gasteiger partial charge on any atom is -0.370 e. The van der Waals surface area contributed by atoms with Crippen LogP contribution in [0.5, 0.6) is 0 Å². The van der Waals surface area contributed by atoms with Gasteiger partial charge in [-0.3, -0.25) is 14.3 Å². The van der Waals surface area contributed by atoms with Crippen molar-refractivity contribution in [3.63, 3.8) is 0 Å². The topological polar surface area (TPSA) is 116 Å². The van der Waals surface area contributed by atoms with Crippen LogP contribution in [0.25, 0.3) is 0 Å². The molecule has 0 saturated heterocycles. The molecule has 7 nitrogen and oxygen atoms in total. The van der Waals surface area contributed by atoms with Crippen molar-refractivity contribution >= 4 is 11.8 Å². The van der Waals surface area contributed by atoms with Gasteiger partial charge in [0.05, 0.1) is 24.7 Å². The smallest absolute Gasteiger partial charge is 0.237 e. The number of nitrogens with two attached hydrogens (primary N) is 2. The monoisotopic (exact) mass is 225 g/mol. The molecule has 2 amide bonds. The van der Waals surface area contributed by atoms with Crippen molar-refractivity contribution in [2.24, 2.45) is 18.5 Å². The van der Waals surface area contributed by atoms with E-state index in [4.69, 9.17) is 11.5 Å². The Bertz CT molecular complexity index is 387. The van der Waals surface area contributed by atoms with Crippen LogP contribution < -0.4 is 16.8 Å². The SMILES string of the molecule is Cn1ccc(CNC(=O)C(N)CC(N)=O)n1. The third-order valence-electron chi connectivity index (χ3n) is 1.97. The van der Waals surface area contributed by atoms with Crippen molar-refractivity contribution in [3.8, 4) is 0 Å². The molecule has 1 unspecified atom stereocenters. The molecule has 1 rings (SSSR count). The second-order valence-electron chi connectivity index (χ2n) is 3.48. The van der Waals surface area contributed by atoms with E-state index < -0.39 is 17.9 Å². The van der Waals surface area contributed by atoms with Crippen LogP contribution >= 0.6 is 0 Å². The van der Waals surface area contributed by atoms with E-state index in [1.807, 2.05) is 0 Å². The number of carbonyl (C=O) groups excluding carboxylic acids is 2. The number of carbonyl (C=O) groups is 2. The molecule has 88 valence electrons.